The molecule has 0 N–H and O–H groups in total. The molecule has 0 fully saturated rings. The van der Waals surface area contributed by atoms with Crippen LogP contribution in [-0.2, 0) is 4.79 Å². The van der Waals surface area contributed by atoms with Crippen LogP contribution in [-0.4, -0.2) is 5.97 Å². The highest BCUT2D eigenvalue weighted by molar-refractivity contribution is 5.86. The first kappa shape index (κ1) is 13.1. The van der Waals surface area contributed by atoms with Gasteiger partial charge in [0.25, 0.3) is 0 Å². The van der Waals surface area contributed by atoms with Crippen LogP contribution in [0.25, 0.3) is 22.3 Å². The Kier molecular flexibility index (Phi) is 3.28. The zero-order valence-electron chi connectivity index (χ0n) is 11.3. The maximum absolute atomic E-state index is 12.2. The lowest BCUT2D eigenvalue weighted by Crippen LogP contribution is -2.11. The molecule has 3 rings (SSSR count). The van der Waals surface area contributed by atoms with Crippen LogP contribution in [0.3, 0.4) is 0 Å². The summed E-state index contributed by atoms with van der Waals surface area (Å²) in [6.45, 7) is 1.33. The van der Waals surface area contributed by atoms with E-state index in [1.54, 1.807) is 6.07 Å². The summed E-state index contributed by atoms with van der Waals surface area (Å²) in [4.78, 5) is 23.6. The number of carbonyl (C=O) groups excluding carboxylic acids is 1. The molecule has 1 heterocycles. The van der Waals surface area contributed by atoms with Gasteiger partial charge in [0.1, 0.15) is 12.0 Å². The van der Waals surface area contributed by atoms with Crippen molar-refractivity contribution in [3.05, 3.63) is 65.2 Å². The van der Waals surface area contributed by atoms with E-state index in [9.17, 15) is 9.59 Å². The van der Waals surface area contributed by atoms with Crippen molar-refractivity contribution in [2.75, 3.05) is 0 Å². The van der Waals surface area contributed by atoms with Crippen molar-refractivity contribution in [2.45, 2.75) is 6.92 Å². The van der Waals surface area contributed by atoms with Crippen LogP contribution in [0, 0.1) is 0 Å². The molecule has 0 radical (unpaired) electrons. The molecule has 0 aromatic heterocycles. The van der Waals surface area contributed by atoms with E-state index in [1.807, 2.05) is 30.3 Å². The second kappa shape index (κ2) is 5.25. The lowest BCUT2D eigenvalue weighted by Gasteiger charge is -2.14. The first-order valence-electron chi connectivity index (χ1n) is 6.44. The fraction of sp³-hybridized carbons (Fsp3) is 0.0588. The van der Waals surface area contributed by atoms with Crippen molar-refractivity contribution in [1.82, 2.24) is 0 Å². The van der Waals surface area contributed by atoms with Gasteiger partial charge < -0.3 is 9.15 Å². The molecule has 0 amide bonds. The van der Waals surface area contributed by atoms with Gasteiger partial charge in [-0.1, -0.05) is 30.3 Å². The van der Waals surface area contributed by atoms with E-state index in [0.717, 1.165) is 5.56 Å². The van der Waals surface area contributed by atoms with E-state index >= 15 is 0 Å². The third kappa shape index (κ3) is 2.43. The fourth-order valence-corrected chi connectivity index (χ4v) is 2.26. The van der Waals surface area contributed by atoms with Crippen molar-refractivity contribution in [2.24, 2.45) is 0 Å². The molecule has 0 saturated heterocycles. The van der Waals surface area contributed by atoms with Gasteiger partial charge in [-0.25, -0.2) is 0 Å². The van der Waals surface area contributed by atoms with E-state index in [1.165, 1.54) is 25.5 Å². The van der Waals surface area contributed by atoms with Crippen LogP contribution < -0.4 is 10.2 Å². The average molecular weight is 280 g/mol. The molecular weight excluding hydrogens is 268 g/mol. The Morgan fingerprint density at radius 1 is 1.05 bits per heavy atom. The smallest absolute Gasteiger partial charge is 0.308 e. The highest BCUT2D eigenvalue weighted by atomic mass is 16.5. The molecule has 2 aliphatic rings. The Labute approximate surface area is 120 Å². The molecule has 0 atom stereocenters. The molecule has 1 aliphatic carbocycles. The second-order valence-electron chi connectivity index (χ2n) is 4.60. The van der Waals surface area contributed by atoms with Crippen LogP contribution in [0.2, 0.25) is 0 Å². The van der Waals surface area contributed by atoms with Gasteiger partial charge in [-0.3, -0.25) is 9.59 Å². The zero-order chi connectivity index (χ0) is 14.8. The quantitative estimate of drug-likeness (QED) is 0.533. The van der Waals surface area contributed by atoms with Crippen LogP contribution in [0.5, 0.6) is 5.75 Å². The molecule has 0 spiro atoms. The number of fused-ring (bicyclic) bond motifs is 1. The summed E-state index contributed by atoms with van der Waals surface area (Å²) in [5.41, 5.74) is 2.17. The molecule has 0 saturated carbocycles. The highest BCUT2D eigenvalue weighted by Crippen LogP contribution is 2.38. The molecular formula is C17H12O4. The highest BCUT2D eigenvalue weighted by Gasteiger charge is 2.20. The fourth-order valence-electron chi connectivity index (χ4n) is 2.26. The van der Waals surface area contributed by atoms with Crippen molar-refractivity contribution in [3.8, 4) is 28.0 Å². The van der Waals surface area contributed by atoms with Crippen molar-refractivity contribution in [3.63, 3.8) is 0 Å². The SMILES string of the molecule is CC(=O)Oc1c(-c2ccccc2)cc(=O)c2coccc1-2. The minimum absolute atomic E-state index is 0.177. The van der Waals surface area contributed by atoms with E-state index in [2.05, 4.69) is 0 Å². The monoisotopic (exact) mass is 280 g/mol. The summed E-state index contributed by atoms with van der Waals surface area (Å²) in [7, 11) is 0. The second-order valence-corrected chi connectivity index (χ2v) is 4.60. The Morgan fingerprint density at radius 3 is 2.52 bits per heavy atom. The summed E-state index contributed by atoms with van der Waals surface area (Å²) in [5, 5.41) is 0. The minimum Gasteiger partial charge on any atom is -0.472 e. The Balaban J connectivity index is 2.35. The maximum atomic E-state index is 12.2. The Hall–Kier alpha value is -2.88. The van der Waals surface area contributed by atoms with Crippen LogP contribution in [0.4, 0.5) is 0 Å². The zero-order valence-corrected chi connectivity index (χ0v) is 11.3. The molecule has 0 unspecified atom stereocenters. The average Bonchev–Trinajstić information content (AvgIpc) is 2.50. The molecule has 4 heteroatoms. The summed E-state index contributed by atoms with van der Waals surface area (Å²) >= 11 is 0. The molecule has 1 aromatic carbocycles. The number of hydrogen-bond donors (Lipinski definition) is 0. The summed E-state index contributed by atoms with van der Waals surface area (Å²) in [6, 6.07) is 12.4. The third-order valence-electron chi connectivity index (χ3n) is 3.15. The van der Waals surface area contributed by atoms with Crippen molar-refractivity contribution >= 4 is 5.97 Å². The summed E-state index contributed by atoms with van der Waals surface area (Å²) in [5.74, 6) is -0.0629. The first-order valence-corrected chi connectivity index (χ1v) is 6.44. The Morgan fingerprint density at radius 2 is 1.81 bits per heavy atom. The van der Waals surface area contributed by atoms with Gasteiger partial charge in [-0.2, -0.15) is 0 Å². The first-order chi connectivity index (χ1) is 10.2. The molecule has 4 nitrogen and oxygen atoms in total. The molecule has 104 valence electrons. The maximum Gasteiger partial charge on any atom is 0.308 e. The van der Waals surface area contributed by atoms with Gasteiger partial charge >= 0.3 is 5.97 Å². The number of benzene rings is 2. The summed E-state index contributed by atoms with van der Waals surface area (Å²) < 4.78 is 10.4. The van der Waals surface area contributed by atoms with Crippen LogP contribution in [0.15, 0.2) is 64.2 Å². The number of esters is 1. The normalized spacial score (nSPS) is 10.5. The third-order valence-corrected chi connectivity index (χ3v) is 3.15. The van der Waals surface area contributed by atoms with E-state index in [-0.39, 0.29) is 5.43 Å². The van der Waals surface area contributed by atoms with Gasteiger partial charge in [-0.05, 0) is 17.7 Å². The lowest BCUT2D eigenvalue weighted by molar-refractivity contribution is -0.131. The predicted octanol–water partition coefficient (Wildman–Crippen LogP) is 3.34. The van der Waals surface area contributed by atoms with Crippen LogP contribution >= 0.6 is 0 Å². The number of carbonyl (C=O) groups is 1. The van der Waals surface area contributed by atoms with Gasteiger partial charge in [0.05, 0.1) is 11.8 Å². The van der Waals surface area contributed by atoms with E-state index < -0.39 is 5.97 Å². The van der Waals surface area contributed by atoms with Gasteiger partial charge in [0.2, 0.25) is 0 Å². The topological polar surface area (TPSA) is 56.5 Å². The van der Waals surface area contributed by atoms with Crippen molar-refractivity contribution < 1.29 is 13.9 Å². The molecule has 1 aliphatic heterocycles. The predicted molar refractivity (Wildman–Crippen MR) is 78.3 cm³/mol. The van der Waals surface area contributed by atoms with E-state index in [0.29, 0.717) is 22.4 Å². The largest absolute Gasteiger partial charge is 0.472 e. The van der Waals surface area contributed by atoms with Gasteiger partial charge in [0.15, 0.2) is 5.43 Å². The number of rotatable bonds is 2. The number of hydrogen-bond acceptors (Lipinski definition) is 4. The van der Waals surface area contributed by atoms with Crippen LogP contribution in [0.1, 0.15) is 6.92 Å². The van der Waals surface area contributed by atoms with Gasteiger partial charge in [-0.15, -0.1) is 0 Å². The molecule has 1 aromatic rings. The lowest BCUT2D eigenvalue weighted by atomic mass is 9.96. The minimum atomic E-state index is -0.437. The number of ether oxygens (including phenoxy) is 1. The van der Waals surface area contributed by atoms with E-state index in [4.69, 9.17) is 9.15 Å². The standard InChI is InChI=1S/C17H12O4/c1-11(18)21-17-13-7-8-20-10-15(13)16(19)9-14(17)12-5-3-2-4-6-12/h2-10H,1H3. The van der Waals surface area contributed by atoms with Gasteiger partial charge in [0, 0.05) is 18.1 Å². The summed E-state index contributed by atoms with van der Waals surface area (Å²) in [6.07, 6.45) is 2.81. The van der Waals surface area contributed by atoms with Crippen molar-refractivity contribution in [1.29, 1.82) is 0 Å². The molecule has 0 bridgehead atoms. The Bertz CT molecular complexity index is 818. The molecule has 21 heavy (non-hydrogen) atoms.